The average Bonchev–Trinajstić information content (AvgIpc) is 3.33. The van der Waals surface area contributed by atoms with E-state index in [1.165, 1.54) is 6.33 Å². The number of hydrogen-bond acceptors (Lipinski definition) is 5. The number of nitrogens with zero attached hydrogens (tertiary/aromatic N) is 4. The highest BCUT2D eigenvalue weighted by Gasteiger charge is 2.26. The van der Waals surface area contributed by atoms with Crippen LogP contribution in [0.1, 0.15) is 31.1 Å². The molecule has 0 atom stereocenters. The number of hydrogen-bond donors (Lipinski definition) is 3. The molecule has 33 heavy (non-hydrogen) atoms. The number of fused-ring (bicyclic) bond motifs is 2. The number of nitrogens with one attached hydrogen (secondary N) is 2. The summed E-state index contributed by atoms with van der Waals surface area (Å²) in [5, 5.41) is 9.59. The van der Waals surface area contributed by atoms with Crippen LogP contribution in [0.25, 0.3) is 33.3 Å². The first-order chi connectivity index (χ1) is 15.7. The van der Waals surface area contributed by atoms with Crippen molar-refractivity contribution >= 4 is 50.9 Å². The van der Waals surface area contributed by atoms with E-state index in [4.69, 9.17) is 22.4 Å². The summed E-state index contributed by atoms with van der Waals surface area (Å²) in [6.45, 7) is 6.10. The van der Waals surface area contributed by atoms with Crippen LogP contribution < -0.4 is 11.1 Å². The molecular formula is C24H22ClN7O. The number of carbonyl (C=O) groups is 1. The number of H-pyrrole nitrogens is 1. The summed E-state index contributed by atoms with van der Waals surface area (Å²) in [5.74, 6) is 0.110. The molecule has 0 saturated heterocycles. The van der Waals surface area contributed by atoms with Crippen LogP contribution in [0.4, 0.5) is 11.5 Å². The number of carbonyl (C=O) groups excluding carboxylic acids is 1. The highest BCUT2D eigenvalue weighted by molar-refractivity contribution is 6.38. The van der Waals surface area contributed by atoms with Gasteiger partial charge in [0.2, 0.25) is 0 Å². The Hall–Kier alpha value is -3.91. The van der Waals surface area contributed by atoms with E-state index in [0.717, 1.165) is 11.1 Å². The number of rotatable bonds is 3. The summed E-state index contributed by atoms with van der Waals surface area (Å²) in [4.78, 5) is 24.6. The smallest absolute Gasteiger partial charge is 0.255 e. The first kappa shape index (κ1) is 21.0. The fraction of sp³-hybridized carbons (Fsp3) is 0.167. The van der Waals surface area contributed by atoms with Crippen molar-refractivity contribution < 1.29 is 4.79 Å². The Morgan fingerprint density at radius 2 is 1.88 bits per heavy atom. The van der Waals surface area contributed by atoms with Crippen molar-refractivity contribution in [1.82, 2.24) is 24.7 Å². The Labute approximate surface area is 194 Å². The van der Waals surface area contributed by atoms with E-state index in [1.807, 2.05) is 61.9 Å². The van der Waals surface area contributed by atoms with Gasteiger partial charge in [0.05, 0.1) is 21.6 Å². The maximum absolute atomic E-state index is 12.7. The molecule has 3 heterocycles. The molecule has 0 saturated carbocycles. The van der Waals surface area contributed by atoms with Crippen LogP contribution in [-0.4, -0.2) is 30.6 Å². The van der Waals surface area contributed by atoms with Gasteiger partial charge in [-0.2, -0.15) is 5.10 Å². The van der Waals surface area contributed by atoms with Gasteiger partial charge in [-0.05, 0) is 45.0 Å². The van der Waals surface area contributed by atoms with Crippen LogP contribution >= 0.6 is 11.6 Å². The van der Waals surface area contributed by atoms with E-state index in [0.29, 0.717) is 44.3 Å². The molecule has 8 nitrogen and oxygen atoms in total. The van der Waals surface area contributed by atoms with Crippen LogP contribution in [0, 0.1) is 0 Å². The Morgan fingerprint density at radius 3 is 2.61 bits per heavy atom. The molecule has 0 fully saturated rings. The summed E-state index contributed by atoms with van der Waals surface area (Å²) in [6, 6.07) is 14.6. The number of halogens is 1. The van der Waals surface area contributed by atoms with Crippen LogP contribution in [0.3, 0.4) is 0 Å². The molecule has 9 heteroatoms. The lowest BCUT2D eigenvalue weighted by Crippen LogP contribution is -2.23. The quantitative estimate of drug-likeness (QED) is 0.342. The second-order valence-electron chi connectivity index (χ2n) is 8.78. The third kappa shape index (κ3) is 3.58. The molecule has 0 spiro atoms. The van der Waals surface area contributed by atoms with Crippen LogP contribution in [0.15, 0.2) is 54.9 Å². The second kappa shape index (κ2) is 7.60. The number of amides is 1. The monoisotopic (exact) mass is 459 g/mol. The van der Waals surface area contributed by atoms with Crippen molar-refractivity contribution in [3.05, 3.63) is 65.4 Å². The fourth-order valence-corrected chi connectivity index (χ4v) is 4.11. The van der Waals surface area contributed by atoms with Gasteiger partial charge in [-0.3, -0.25) is 4.79 Å². The van der Waals surface area contributed by atoms with E-state index < -0.39 is 0 Å². The first-order valence-corrected chi connectivity index (χ1v) is 10.8. The van der Waals surface area contributed by atoms with Gasteiger partial charge in [-0.15, -0.1) is 0 Å². The van der Waals surface area contributed by atoms with Gasteiger partial charge in [0.1, 0.15) is 17.8 Å². The van der Waals surface area contributed by atoms with Crippen molar-refractivity contribution in [2.75, 3.05) is 11.1 Å². The molecule has 5 rings (SSSR count). The van der Waals surface area contributed by atoms with Crippen LogP contribution in [-0.2, 0) is 5.54 Å². The van der Waals surface area contributed by atoms with Crippen molar-refractivity contribution in [1.29, 1.82) is 0 Å². The minimum absolute atomic E-state index is 0.213. The second-order valence-corrected chi connectivity index (χ2v) is 9.16. The molecule has 0 unspecified atom stereocenters. The predicted molar refractivity (Wildman–Crippen MR) is 131 cm³/mol. The van der Waals surface area contributed by atoms with Crippen LogP contribution in [0.2, 0.25) is 5.02 Å². The zero-order chi connectivity index (χ0) is 23.3. The lowest BCUT2D eigenvalue weighted by Gasteiger charge is -2.19. The molecule has 5 aromatic rings. The van der Waals surface area contributed by atoms with Crippen LogP contribution in [0.5, 0.6) is 0 Å². The number of para-hydroxylation sites is 1. The SMILES string of the molecule is CC(C)(C)n1nc(-c2[nH]c3cc(C(=O)Nc4ccccc4)ccc3c2Cl)c2c(N)ncnc21. The lowest BCUT2D eigenvalue weighted by molar-refractivity contribution is 0.102. The van der Waals surface area contributed by atoms with E-state index in [2.05, 4.69) is 20.3 Å². The molecule has 166 valence electrons. The van der Waals surface area contributed by atoms with Gasteiger partial charge in [0.25, 0.3) is 5.91 Å². The number of aromatic nitrogens is 5. The molecule has 2 aromatic carbocycles. The Morgan fingerprint density at radius 1 is 1.12 bits per heavy atom. The van der Waals surface area contributed by atoms with Gasteiger partial charge >= 0.3 is 0 Å². The first-order valence-electron chi connectivity index (χ1n) is 10.4. The molecule has 0 aliphatic heterocycles. The lowest BCUT2D eigenvalue weighted by atomic mass is 10.1. The van der Waals surface area contributed by atoms with Gasteiger partial charge < -0.3 is 16.0 Å². The summed E-state index contributed by atoms with van der Waals surface area (Å²) in [5.41, 5.74) is 9.61. The largest absolute Gasteiger partial charge is 0.383 e. The maximum Gasteiger partial charge on any atom is 0.255 e. The molecule has 4 N–H and O–H groups in total. The standard InChI is InChI=1S/C24H22ClN7O/c1-24(2,3)32-22-17(21(26)27-12-28-22)19(31-32)20-18(25)15-10-9-13(11-16(15)30-20)23(33)29-14-7-5-4-6-8-14/h4-12,30H,1-3H3,(H,29,33)(H2,26,27,28). The molecule has 0 aliphatic carbocycles. The van der Waals surface area contributed by atoms with Crippen molar-refractivity contribution in [2.45, 2.75) is 26.3 Å². The molecule has 0 bridgehead atoms. The predicted octanol–water partition coefficient (Wildman–Crippen LogP) is 5.22. The summed E-state index contributed by atoms with van der Waals surface area (Å²) >= 11 is 6.77. The van der Waals surface area contributed by atoms with Gasteiger partial charge in [0, 0.05) is 22.2 Å². The van der Waals surface area contributed by atoms with E-state index in [9.17, 15) is 4.79 Å². The number of benzene rings is 2. The third-order valence-corrected chi connectivity index (χ3v) is 5.79. The van der Waals surface area contributed by atoms with E-state index in [-0.39, 0.29) is 11.4 Å². The Balaban J connectivity index is 1.63. The zero-order valence-electron chi connectivity index (χ0n) is 18.3. The summed E-state index contributed by atoms with van der Waals surface area (Å²) < 4.78 is 1.82. The molecule has 0 radical (unpaired) electrons. The molecule has 0 aliphatic rings. The minimum atomic E-state index is -0.335. The summed E-state index contributed by atoms with van der Waals surface area (Å²) in [7, 11) is 0. The Bertz CT molecular complexity index is 1510. The van der Waals surface area contributed by atoms with E-state index >= 15 is 0 Å². The number of nitrogens with two attached hydrogens (primary N) is 1. The summed E-state index contributed by atoms with van der Waals surface area (Å²) in [6.07, 6.45) is 1.43. The fourth-order valence-electron chi connectivity index (χ4n) is 3.81. The highest BCUT2D eigenvalue weighted by atomic mass is 35.5. The van der Waals surface area contributed by atoms with Crippen molar-refractivity contribution in [2.24, 2.45) is 0 Å². The Kier molecular flexibility index (Phi) is 4.83. The zero-order valence-corrected chi connectivity index (χ0v) is 19.1. The average molecular weight is 460 g/mol. The topological polar surface area (TPSA) is 115 Å². The molecule has 3 aromatic heterocycles. The number of anilines is 2. The molecule has 1 amide bonds. The van der Waals surface area contributed by atoms with Gasteiger partial charge in [-0.25, -0.2) is 14.6 Å². The van der Waals surface area contributed by atoms with Gasteiger partial charge in [-0.1, -0.05) is 35.9 Å². The third-order valence-electron chi connectivity index (χ3n) is 5.40. The maximum atomic E-state index is 12.7. The minimum Gasteiger partial charge on any atom is -0.383 e. The van der Waals surface area contributed by atoms with Crippen molar-refractivity contribution in [3.63, 3.8) is 0 Å². The molecular weight excluding hydrogens is 438 g/mol. The van der Waals surface area contributed by atoms with Crippen molar-refractivity contribution in [3.8, 4) is 11.4 Å². The highest BCUT2D eigenvalue weighted by Crippen LogP contribution is 2.39. The van der Waals surface area contributed by atoms with E-state index in [1.54, 1.807) is 12.1 Å². The normalized spacial score (nSPS) is 11.9. The van der Waals surface area contributed by atoms with Gasteiger partial charge in [0.15, 0.2) is 5.65 Å². The number of nitrogen functional groups attached to an aromatic ring is 1. The number of aromatic amines is 1.